The maximum Gasteiger partial charge on any atom is 0.340 e. The number of esters is 1. The quantitative estimate of drug-likeness (QED) is 0.749. The fraction of sp³-hybridized carbons (Fsp3) is 0.286. The van der Waals surface area contributed by atoms with Crippen LogP contribution < -0.4 is 0 Å². The number of ether oxygens (including phenoxy) is 1. The first-order valence-corrected chi connectivity index (χ1v) is 7.40. The Kier molecular flexibility index (Phi) is 3.66. The summed E-state index contributed by atoms with van der Waals surface area (Å²) >= 11 is 1.31. The molecule has 1 aromatic carbocycles. The second kappa shape index (κ2) is 5.61. The maximum atomic E-state index is 11.8. The molecular weight excluding hydrogens is 288 g/mol. The van der Waals surface area contributed by atoms with Gasteiger partial charge < -0.3 is 9.72 Å². The average Bonchev–Trinajstić information content (AvgIpc) is 3.12. The molecule has 108 valence electrons. The van der Waals surface area contributed by atoms with Crippen LogP contribution in [0.4, 0.5) is 0 Å². The predicted molar refractivity (Wildman–Crippen MR) is 80.3 cm³/mol. The monoisotopic (exact) mass is 302 g/mol. The molecule has 2 heterocycles. The lowest BCUT2D eigenvalue weighted by molar-refractivity contribution is 0.0603. The number of carbonyl (C=O) groups excluding carboxylic acids is 1. The van der Waals surface area contributed by atoms with Crippen molar-refractivity contribution < 1.29 is 9.53 Å². The zero-order valence-electron chi connectivity index (χ0n) is 11.7. The number of hydrogen-bond acceptors (Lipinski definition) is 6. The number of methoxy groups -OCH3 is 1. The third kappa shape index (κ3) is 2.40. The highest BCUT2D eigenvalue weighted by molar-refractivity contribution is 7.09. The molecule has 2 aromatic heterocycles. The fourth-order valence-corrected chi connectivity index (χ4v) is 2.86. The molecule has 0 spiro atoms. The van der Waals surface area contributed by atoms with Crippen LogP contribution in [0, 0.1) is 0 Å². The molecule has 0 aliphatic rings. The van der Waals surface area contributed by atoms with E-state index in [4.69, 9.17) is 4.74 Å². The van der Waals surface area contributed by atoms with Crippen molar-refractivity contribution in [1.29, 1.82) is 0 Å². The van der Waals surface area contributed by atoms with Gasteiger partial charge in [-0.2, -0.15) is 0 Å². The molecule has 3 aromatic rings. The first-order valence-electron chi connectivity index (χ1n) is 6.63. The fourth-order valence-electron chi connectivity index (χ4n) is 2.20. The van der Waals surface area contributed by atoms with Crippen molar-refractivity contribution in [1.82, 2.24) is 19.6 Å². The zero-order valence-corrected chi connectivity index (χ0v) is 12.5. The van der Waals surface area contributed by atoms with Crippen LogP contribution in [0.1, 0.15) is 29.4 Å². The third-order valence-corrected chi connectivity index (χ3v) is 3.95. The number of imidazole rings is 1. The smallest absolute Gasteiger partial charge is 0.340 e. The molecule has 7 heteroatoms. The van der Waals surface area contributed by atoms with Crippen molar-refractivity contribution in [2.75, 3.05) is 7.11 Å². The summed E-state index contributed by atoms with van der Waals surface area (Å²) in [6, 6.07) is 5.39. The van der Waals surface area contributed by atoms with E-state index in [1.807, 2.05) is 6.07 Å². The van der Waals surface area contributed by atoms with Crippen LogP contribution in [0.25, 0.3) is 21.7 Å². The number of H-pyrrole nitrogens is 1. The summed E-state index contributed by atoms with van der Waals surface area (Å²) in [5, 5.41) is 4.14. The zero-order chi connectivity index (χ0) is 14.8. The topological polar surface area (TPSA) is 80.8 Å². The maximum absolute atomic E-state index is 11.8. The molecule has 0 amide bonds. The predicted octanol–water partition coefficient (Wildman–Crippen LogP) is 2.82. The number of rotatable bonds is 4. The van der Waals surface area contributed by atoms with Gasteiger partial charge in [0.15, 0.2) is 5.82 Å². The van der Waals surface area contributed by atoms with Gasteiger partial charge in [-0.05, 0) is 30.1 Å². The molecule has 0 radical (unpaired) electrons. The second-order valence-corrected chi connectivity index (χ2v) is 5.33. The molecule has 0 fully saturated rings. The molecule has 0 unspecified atom stereocenters. The number of aromatic nitrogens is 4. The Hall–Kier alpha value is -2.28. The van der Waals surface area contributed by atoms with Gasteiger partial charge >= 0.3 is 5.97 Å². The lowest BCUT2D eigenvalue weighted by atomic mass is 10.2. The van der Waals surface area contributed by atoms with E-state index >= 15 is 0 Å². The van der Waals surface area contributed by atoms with Crippen molar-refractivity contribution >= 4 is 28.5 Å². The highest BCUT2D eigenvalue weighted by Crippen LogP contribution is 2.28. The van der Waals surface area contributed by atoms with Gasteiger partial charge in [-0.1, -0.05) is 23.9 Å². The molecule has 0 bridgehead atoms. The molecule has 0 aliphatic carbocycles. The van der Waals surface area contributed by atoms with Gasteiger partial charge in [-0.3, -0.25) is 0 Å². The lowest BCUT2D eigenvalue weighted by Crippen LogP contribution is -2.01. The minimum Gasteiger partial charge on any atom is -0.465 e. The van der Waals surface area contributed by atoms with E-state index in [-0.39, 0.29) is 0 Å². The van der Waals surface area contributed by atoms with E-state index in [1.165, 1.54) is 18.6 Å². The number of hydrogen-bond donors (Lipinski definition) is 1. The van der Waals surface area contributed by atoms with Gasteiger partial charge in [0.1, 0.15) is 10.4 Å². The van der Waals surface area contributed by atoms with E-state index in [2.05, 4.69) is 26.5 Å². The third-order valence-electron chi connectivity index (χ3n) is 3.18. The highest BCUT2D eigenvalue weighted by Gasteiger charge is 2.17. The van der Waals surface area contributed by atoms with Crippen LogP contribution in [0.2, 0.25) is 0 Å². The average molecular weight is 302 g/mol. The minimum atomic E-state index is -0.394. The molecule has 0 aliphatic heterocycles. The van der Waals surface area contributed by atoms with Crippen molar-refractivity contribution in [3.63, 3.8) is 0 Å². The Morgan fingerprint density at radius 2 is 2.29 bits per heavy atom. The SMILES string of the molecule is CCCc1nnsc1-c1nc2c(C(=O)OC)cccc2[nH]1. The Morgan fingerprint density at radius 3 is 3.05 bits per heavy atom. The van der Waals surface area contributed by atoms with E-state index in [9.17, 15) is 4.79 Å². The molecule has 6 nitrogen and oxygen atoms in total. The number of para-hydroxylation sites is 1. The van der Waals surface area contributed by atoms with Crippen LogP contribution in [-0.2, 0) is 11.2 Å². The van der Waals surface area contributed by atoms with Gasteiger partial charge in [-0.25, -0.2) is 9.78 Å². The minimum absolute atomic E-state index is 0.394. The number of fused-ring (bicyclic) bond motifs is 1. The number of carbonyl (C=O) groups is 1. The number of nitrogens with zero attached hydrogens (tertiary/aromatic N) is 3. The molecule has 21 heavy (non-hydrogen) atoms. The molecule has 3 rings (SSSR count). The van der Waals surface area contributed by atoms with E-state index in [1.54, 1.807) is 12.1 Å². The Labute approximate surface area is 125 Å². The largest absolute Gasteiger partial charge is 0.465 e. The summed E-state index contributed by atoms with van der Waals surface area (Å²) in [5.74, 6) is 0.301. The normalized spacial score (nSPS) is 11.0. The summed E-state index contributed by atoms with van der Waals surface area (Å²) in [7, 11) is 1.36. The molecule has 0 saturated heterocycles. The molecule has 1 N–H and O–H groups in total. The van der Waals surface area contributed by atoms with Crippen LogP contribution >= 0.6 is 11.5 Å². The highest BCUT2D eigenvalue weighted by atomic mass is 32.1. The Morgan fingerprint density at radius 1 is 1.43 bits per heavy atom. The van der Waals surface area contributed by atoms with Gasteiger partial charge in [0, 0.05) is 0 Å². The van der Waals surface area contributed by atoms with Crippen molar-refractivity contribution in [2.24, 2.45) is 0 Å². The summed E-state index contributed by atoms with van der Waals surface area (Å²) < 4.78 is 8.79. The van der Waals surface area contributed by atoms with Gasteiger partial charge in [-0.15, -0.1) is 5.10 Å². The Bertz CT molecular complexity index is 793. The van der Waals surface area contributed by atoms with Crippen LogP contribution in [0.3, 0.4) is 0 Å². The summed E-state index contributed by atoms with van der Waals surface area (Å²) in [4.78, 5) is 20.5. The van der Waals surface area contributed by atoms with Crippen molar-refractivity contribution in [3.8, 4) is 10.7 Å². The van der Waals surface area contributed by atoms with Crippen molar-refractivity contribution in [2.45, 2.75) is 19.8 Å². The van der Waals surface area contributed by atoms with Gasteiger partial charge in [0.25, 0.3) is 0 Å². The van der Waals surface area contributed by atoms with Crippen LogP contribution in [0.5, 0.6) is 0 Å². The first-order chi connectivity index (χ1) is 10.2. The van der Waals surface area contributed by atoms with Gasteiger partial charge in [0.05, 0.1) is 23.9 Å². The van der Waals surface area contributed by atoms with Gasteiger partial charge in [0.2, 0.25) is 0 Å². The summed E-state index contributed by atoms with van der Waals surface area (Å²) in [6.45, 7) is 2.09. The number of aryl methyl sites for hydroxylation is 1. The Balaban J connectivity index is 2.13. The van der Waals surface area contributed by atoms with E-state index in [0.717, 1.165) is 28.9 Å². The number of benzene rings is 1. The molecule has 0 atom stereocenters. The van der Waals surface area contributed by atoms with Crippen LogP contribution in [-0.4, -0.2) is 32.6 Å². The van der Waals surface area contributed by atoms with E-state index < -0.39 is 5.97 Å². The lowest BCUT2D eigenvalue weighted by Gasteiger charge is -1.98. The number of aromatic amines is 1. The standard InChI is InChI=1S/C14H14N4O2S/c1-3-5-10-12(21-18-17-10)13-15-9-7-4-6-8(11(9)16-13)14(19)20-2/h4,6-7H,3,5H2,1-2H3,(H,15,16). The van der Waals surface area contributed by atoms with E-state index in [0.29, 0.717) is 16.9 Å². The summed E-state index contributed by atoms with van der Waals surface area (Å²) in [5.41, 5.74) is 2.78. The molecule has 0 saturated carbocycles. The first kappa shape index (κ1) is 13.7. The second-order valence-electron chi connectivity index (χ2n) is 4.58. The summed E-state index contributed by atoms with van der Waals surface area (Å²) in [6.07, 6.45) is 1.85. The number of nitrogens with one attached hydrogen (secondary N) is 1. The van der Waals surface area contributed by atoms with Crippen LogP contribution in [0.15, 0.2) is 18.2 Å². The van der Waals surface area contributed by atoms with Crippen molar-refractivity contribution in [3.05, 3.63) is 29.5 Å². The molecular formula is C14H14N4O2S.